The third kappa shape index (κ3) is 4.23. The Bertz CT molecular complexity index is 408. The fraction of sp³-hybridized carbons (Fsp3) is 0.833. The average molecular weight is 309 g/mol. The SMILES string of the molecule is O=C(O)C1CCN(C(=O)N2CCN(CC(F)(F)F)CC2)C1. The van der Waals surface area contributed by atoms with Gasteiger partial charge in [0.2, 0.25) is 0 Å². The lowest BCUT2D eigenvalue weighted by Gasteiger charge is -2.36. The lowest BCUT2D eigenvalue weighted by atomic mass is 10.1. The number of carboxylic acid groups (broad SMARTS) is 1. The molecule has 120 valence electrons. The normalized spacial score (nSPS) is 24.4. The Morgan fingerprint density at radius 2 is 1.67 bits per heavy atom. The van der Waals surface area contributed by atoms with E-state index in [0.29, 0.717) is 13.0 Å². The highest BCUT2D eigenvalue weighted by Crippen LogP contribution is 2.20. The third-order valence-electron chi connectivity index (χ3n) is 3.85. The summed E-state index contributed by atoms with van der Waals surface area (Å²) in [5.41, 5.74) is 0. The number of likely N-dealkylation sites (tertiary alicyclic amines) is 1. The summed E-state index contributed by atoms with van der Waals surface area (Å²) in [5, 5.41) is 8.90. The maximum absolute atomic E-state index is 12.3. The fourth-order valence-corrected chi connectivity index (χ4v) is 2.69. The average Bonchev–Trinajstić information content (AvgIpc) is 2.86. The molecule has 9 heteroatoms. The number of carboxylic acids is 1. The summed E-state index contributed by atoms with van der Waals surface area (Å²) in [7, 11) is 0. The van der Waals surface area contributed by atoms with Crippen LogP contribution >= 0.6 is 0 Å². The van der Waals surface area contributed by atoms with Crippen LogP contribution in [0.2, 0.25) is 0 Å². The van der Waals surface area contributed by atoms with Gasteiger partial charge in [-0.1, -0.05) is 0 Å². The lowest BCUT2D eigenvalue weighted by Crippen LogP contribution is -2.53. The van der Waals surface area contributed by atoms with Gasteiger partial charge in [-0.2, -0.15) is 13.2 Å². The molecular weight excluding hydrogens is 291 g/mol. The van der Waals surface area contributed by atoms with Crippen molar-refractivity contribution in [3.8, 4) is 0 Å². The van der Waals surface area contributed by atoms with E-state index in [-0.39, 0.29) is 38.8 Å². The Kier molecular flexibility index (Phi) is 4.60. The van der Waals surface area contributed by atoms with E-state index in [1.165, 1.54) is 14.7 Å². The predicted molar refractivity (Wildman–Crippen MR) is 66.8 cm³/mol. The van der Waals surface area contributed by atoms with Gasteiger partial charge in [-0.15, -0.1) is 0 Å². The first-order chi connectivity index (χ1) is 9.76. The molecule has 2 aliphatic rings. The zero-order chi connectivity index (χ0) is 15.6. The number of carbonyl (C=O) groups is 2. The van der Waals surface area contributed by atoms with Crippen molar-refractivity contribution in [1.82, 2.24) is 14.7 Å². The molecule has 1 N–H and O–H groups in total. The summed E-state index contributed by atoms with van der Waals surface area (Å²) in [6, 6.07) is -0.273. The van der Waals surface area contributed by atoms with Crippen molar-refractivity contribution in [3.63, 3.8) is 0 Å². The molecule has 6 nitrogen and oxygen atoms in total. The molecule has 2 rings (SSSR count). The van der Waals surface area contributed by atoms with Crippen molar-refractivity contribution in [1.29, 1.82) is 0 Å². The van der Waals surface area contributed by atoms with Crippen molar-refractivity contribution in [3.05, 3.63) is 0 Å². The van der Waals surface area contributed by atoms with Crippen molar-refractivity contribution in [2.24, 2.45) is 5.92 Å². The van der Waals surface area contributed by atoms with Crippen LogP contribution in [0, 0.1) is 5.92 Å². The summed E-state index contributed by atoms with van der Waals surface area (Å²) in [6.45, 7) is 0.449. The van der Waals surface area contributed by atoms with Crippen LogP contribution in [0.4, 0.5) is 18.0 Å². The molecule has 0 aromatic rings. The summed E-state index contributed by atoms with van der Waals surface area (Å²) >= 11 is 0. The second-order valence-electron chi connectivity index (χ2n) is 5.43. The highest BCUT2D eigenvalue weighted by atomic mass is 19.4. The number of aliphatic carboxylic acids is 1. The molecule has 0 bridgehead atoms. The van der Waals surface area contributed by atoms with E-state index in [4.69, 9.17) is 5.11 Å². The molecule has 2 aliphatic heterocycles. The topological polar surface area (TPSA) is 64.1 Å². The van der Waals surface area contributed by atoms with Gasteiger partial charge in [-0.05, 0) is 6.42 Å². The Balaban J connectivity index is 1.80. The summed E-state index contributed by atoms with van der Waals surface area (Å²) < 4.78 is 36.8. The number of alkyl halides is 3. The van der Waals surface area contributed by atoms with Gasteiger partial charge < -0.3 is 14.9 Å². The minimum atomic E-state index is -4.23. The number of piperazine rings is 1. The number of nitrogens with zero attached hydrogens (tertiary/aromatic N) is 3. The molecule has 0 aromatic carbocycles. The number of rotatable bonds is 2. The predicted octanol–water partition coefficient (Wildman–Crippen LogP) is 0.693. The third-order valence-corrected chi connectivity index (χ3v) is 3.85. The van der Waals surface area contributed by atoms with E-state index in [9.17, 15) is 22.8 Å². The molecule has 2 amide bonds. The Morgan fingerprint density at radius 1 is 1.05 bits per heavy atom. The Labute approximate surface area is 120 Å². The van der Waals surface area contributed by atoms with E-state index >= 15 is 0 Å². The van der Waals surface area contributed by atoms with Crippen LogP contribution in [0.5, 0.6) is 0 Å². The van der Waals surface area contributed by atoms with Gasteiger partial charge in [0.05, 0.1) is 12.5 Å². The smallest absolute Gasteiger partial charge is 0.401 e. The van der Waals surface area contributed by atoms with Gasteiger partial charge in [0.25, 0.3) is 0 Å². The van der Waals surface area contributed by atoms with Crippen LogP contribution in [0.1, 0.15) is 6.42 Å². The van der Waals surface area contributed by atoms with Crippen LogP contribution in [0.3, 0.4) is 0 Å². The Hall–Kier alpha value is -1.51. The number of hydrogen-bond acceptors (Lipinski definition) is 3. The van der Waals surface area contributed by atoms with Crippen LogP contribution < -0.4 is 0 Å². The maximum atomic E-state index is 12.3. The molecule has 1 atom stereocenters. The molecular formula is C12H18F3N3O3. The molecule has 0 saturated carbocycles. The largest absolute Gasteiger partial charge is 0.481 e. The van der Waals surface area contributed by atoms with Gasteiger partial charge in [0.15, 0.2) is 0 Å². The van der Waals surface area contributed by atoms with E-state index in [1.54, 1.807) is 0 Å². The van der Waals surface area contributed by atoms with Gasteiger partial charge >= 0.3 is 18.2 Å². The molecule has 21 heavy (non-hydrogen) atoms. The van der Waals surface area contributed by atoms with Gasteiger partial charge in [-0.25, -0.2) is 4.79 Å². The van der Waals surface area contributed by atoms with Crippen molar-refractivity contribution < 1.29 is 27.9 Å². The number of urea groups is 1. The monoisotopic (exact) mass is 309 g/mol. The number of carbonyl (C=O) groups excluding carboxylic acids is 1. The van der Waals surface area contributed by atoms with E-state index in [0.717, 1.165) is 0 Å². The lowest BCUT2D eigenvalue weighted by molar-refractivity contribution is -0.148. The fourth-order valence-electron chi connectivity index (χ4n) is 2.69. The van der Waals surface area contributed by atoms with Crippen molar-refractivity contribution in [2.75, 3.05) is 45.8 Å². The highest BCUT2D eigenvalue weighted by molar-refractivity contribution is 5.77. The van der Waals surface area contributed by atoms with E-state index in [1.807, 2.05) is 0 Å². The number of amides is 2. The van der Waals surface area contributed by atoms with E-state index in [2.05, 4.69) is 0 Å². The van der Waals surface area contributed by atoms with Crippen LogP contribution in [0.25, 0.3) is 0 Å². The van der Waals surface area contributed by atoms with Crippen molar-refractivity contribution >= 4 is 12.0 Å². The summed E-state index contributed by atoms with van der Waals surface area (Å²) in [4.78, 5) is 27.3. The molecule has 2 saturated heterocycles. The number of halogens is 3. The van der Waals surface area contributed by atoms with Gasteiger partial charge in [0.1, 0.15) is 0 Å². The second-order valence-corrected chi connectivity index (χ2v) is 5.43. The molecule has 0 aliphatic carbocycles. The quantitative estimate of drug-likeness (QED) is 0.815. The zero-order valence-corrected chi connectivity index (χ0v) is 11.5. The second kappa shape index (κ2) is 6.08. The molecule has 2 heterocycles. The standard InChI is InChI=1S/C12H18F3N3O3/c13-12(14,15)8-16-3-5-17(6-4-16)11(21)18-2-1-9(7-18)10(19)20/h9H,1-8H2,(H,19,20). The van der Waals surface area contributed by atoms with Crippen LogP contribution in [-0.2, 0) is 4.79 Å². The molecule has 0 radical (unpaired) electrons. The minimum Gasteiger partial charge on any atom is -0.481 e. The summed E-state index contributed by atoms with van der Waals surface area (Å²) in [6.07, 6.45) is -3.80. The first-order valence-electron chi connectivity index (χ1n) is 6.82. The Morgan fingerprint density at radius 3 is 2.14 bits per heavy atom. The molecule has 0 aromatic heterocycles. The van der Waals surface area contributed by atoms with Crippen LogP contribution in [0.15, 0.2) is 0 Å². The maximum Gasteiger partial charge on any atom is 0.401 e. The number of hydrogen-bond donors (Lipinski definition) is 1. The molecule has 2 fully saturated rings. The van der Waals surface area contributed by atoms with Crippen LogP contribution in [-0.4, -0.2) is 83.8 Å². The first kappa shape index (κ1) is 15.9. The van der Waals surface area contributed by atoms with Gasteiger partial charge in [-0.3, -0.25) is 9.69 Å². The molecule has 1 unspecified atom stereocenters. The van der Waals surface area contributed by atoms with Crippen molar-refractivity contribution in [2.45, 2.75) is 12.6 Å². The van der Waals surface area contributed by atoms with E-state index < -0.39 is 24.6 Å². The minimum absolute atomic E-state index is 0.178. The van der Waals surface area contributed by atoms with Gasteiger partial charge in [0, 0.05) is 39.3 Å². The first-order valence-corrected chi connectivity index (χ1v) is 6.82. The molecule has 0 spiro atoms. The zero-order valence-electron chi connectivity index (χ0n) is 11.5. The summed E-state index contributed by atoms with van der Waals surface area (Å²) in [5.74, 6) is -1.46. The highest BCUT2D eigenvalue weighted by Gasteiger charge is 2.36.